The van der Waals surface area contributed by atoms with Crippen LogP contribution in [-0.2, 0) is 9.84 Å². The molecule has 0 spiro atoms. The SMILES string of the molecule is CC1CCCCN1C1(CN)CCS(=O)(=O)CC1. The molecule has 17 heavy (non-hydrogen) atoms. The van der Waals surface area contributed by atoms with E-state index in [0.29, 0.717) is 24.1 Å². The molecule has 2 rings (SSSR count). The average molecular weight is 260 g/mol. The van der Waals surface area contributed by atoms with Crippen LogP contribution in [0.2, 0.25) is 0 Å². The van der Waals surface area contributed by atoms with Crippen molar-refractivity contribution in [3.63, 3.8) is 0 Å². The van der Waals surface area contributed by atoms with Crippen molar-refractivity contribution in [3.8, 4) is 0 Å². The van der Waals surface area contributed by atoms with Gasteiger partial charge in [-0.15, -0.1) is 0 Å². The third-order valence-electron chi connectivity index (χ3n) is 4.55. The van der Waals surface area contributed by atoms with Gasteiger partial charge in [0.25, 0.3) is 0 Å². The normalized spacial score (nSPS) is 33.4. The number of hydrogen-bond acceptors (Lipinski definition) is 4. The first-order valence-corrected chi connectivity index (χ1v) is 8.48. The predicted molar refractivity (Wildman–Crippen MR) is 69.7 cm³/mol. The van der Waals surface area contributed by atoms with E-state index in [1.54, 1.807) is 0 Å². The van der Waals surface area contributed by atoms with Gasteiger partial charge in [0.15, 0.2) is 0 Å². The molecule has 100 valence electrons. The van der Waals surface area contributed by atoms with Gasteiger partial charge in [0, 0.05) is 18.1 Å². The van der Waals surface area contributed by atoms with Crippen molar-refractivity contribution in [3.05, 3.63) is 0 Å². The number of hydrogen-bond donors (Lipinski definition) is 1. The Balaban J connectivity index is 2.14. The van der Waals surface area contributed by atoms with E-state index in [-0.39, 0.29) is 5.54 Å². The Morgan fingerprint density at radius 3 is 2.47 bits per heavy atom. The highest BCUT2D eigenvalue weighted by molar-refractivity contribution is 7.91. The van der Waals surface area contributed by atoms with Crippen molar-refractivity contribution in [2.45, 2.75) is 50.6 Å². The van der Waals surface area contributed by atoms with E-state index >= 15 is 0 Å². The van der Waals surface area contributed by atoms with Crippen LogP contribution >= 0.6 is 0 Å². The molecule has 2 N–H and O–H groups in total. The summed E-state index contributed by atoms with van der Waals surface area (Å²) in [6.07, 6.45) is 5.16. The fourth-order valence-corrected chi connectivity index (χ4v) is 4.92. The lowest BCUT2D eigenvalue weighted by Gasteiger charge is -2.50. The summed E-state index contributed by atoms with van der Waals surface area (Å²) in [6, 6.07) is 0.549. The summed E-state index contributed by atoms with van der Waals surface area (Å²) in [5.41, 5.74) is 5.93. The number of likely N-dealkylation sites (tertiary alicyclic amines) is 1. The lowest BCUT2D eigenvalue weighted by molar-refractivity contribution is 0.0222. The molecule has 1 unspecified atom stereocenters. The first-order chi connectivity index (χ1) is 7.99. The molecule has 2 aliphatic heterocycles. The van der Waals surface area contributed by atoms with E-state index in [1.165, 1.54) is 19.3 Å². The molecule has 2 fully saturated rings. The monoisotopic (exact) mass is 260 g/mol. The minimum Gasteiger partial charge on any atom is -0.329 e. The second-order valence-electron chi connectivity index (χ2n) is 5.62. The van der Waals surface area contributed by atoms with Crippen LogP contribution in [0.3, 0.4) is 0 Å². The second-order valence-corrected chi connectivity index (χ2v) is 7.92. The molecule has 0 aliphatic carbocycles. The molecule has 4 nitrogen and oxygen atoms in total. The van der Waals surface area contributed by atoms with Crippen molar-refractivity contribution in [2.24, 2.45) is 5.73 Å². The lowest BCUT2D eigenvalue weighted by Crippen LogP contribution is -2.61. The lowest BCUT2D eigenvalue weighted by atomic mass is 9.86. The summed E-state index contributed by atoms with van der Waals surface area (Å²) >= 11 is 0. The number of sulfone groups is 1. The largest absolute Gasteiger partial charge is 0.329 e. The maximum atomic E-state index is 11.6. The summed E-state index contributed by atoms with van der Waals surface area (Å²) < 4.78 is 23.1. The fraction of sp³-hybridized carbons (Fsp3) is 1.00. The van der Waals surface area contributed by atoms with Crippen LogP contribution in [0.5, 0.6) is 0 Å². The Kier molecular flexibility index (Phi) is 3.80. The molecule has 0 radical (unpaired) electrons. The zero-order chi connectivity index (χ0) is 12.5. The van der Waals surface area contributed by atoms with Crippen molar-refractivity contribution < 1.29 is 8.42 Å². The Morgan fingerprint density at radius 1 is 1.29 bits per heavy atom. The van der Waals surface area contributed by atoms with Crippen molar-refractivity contribution >= 4 is 9.84 Å². The van der Waals surface area contributed by atoms with Gasteiger partial charge >= 0.3 is 0 Å². The van der Waals surface area contributed by atoms with Gasteiger partial charge in [-0.2, -0.15) is 0 Å². The van der Waals surface area contributed by atoms with E-state index in [9.17, 15) is 8.42 Å². The Hall–Kier alpha value is -0.130. The van der Waals surface area contributed by atoms with Gasteiger partial charge in [0.05, 0.1) is 11.5 Å². The van der Waals surface area contributed by atoms with Crippen molar-refractivity contribution in [1.29, 1.82) is 0 Å². The molecule has 2 aliphatic rings. The van der Waals surface area contributed by atoms with Gasteiger partial charge in [-0.25, -0.2) is 8.42 Å². The van der Waals surface area contributed by atoms with Crippen LogP contribution in [0.4, 0.5) is 0 Å². The summed E-state index contributed by atoms with van der Waals surface area (Å²) in [6.45, 7) is 3.92. The topological polar surface area (TPSA) is 63.4 Å². The van der Waals surface area contributed by atoms with E-state index < -0.39 is 9.84 Å². The van der Waals surface area contributed by atoms with Gasteiger partial charge in [-0.05, 0) is 39.2 Å². The highest BCUT2D eigenvalue weighted by Gasteiger charge is 2.43. The molecule has 5 heteroatoms. The number of nitrogens with zero attached hydrogens (tertiary/aromatic N) is 1. The van der Waals surface area contributed by atoms with Gasteiger partial charge < -0.3 is 5.73 Å². The maximum Gasteiger partial charge on any atom is 0.150 e. The van der Waals surface area contributed by atoms with Crippen molar-refractivity contribution in [2.75, 3.05) is 24.6 Å². The standard InChI is InChI=1S/C12H24N2O2S/c1-11-4-2-3-7-14(11)12(10-13)5-8-17(15,16)9-6-12/h11H,2-10,13H2,1H3. The van der Waals surface area contributed by atoms with E-state index in [2.05, 4.69) is 11.8 Å². The molecular weight excluding hydrogens is 236 g/mol. The Bertz CT molecular complexity index is 353. The first-order valence-electron chi connectivity index (χ1n) is 6.66. The van der Waals surface area contributed by atoms with Gasteiger partial charge in [-0.1, -0.05) is 6.42 Å². The quantitative estimate of drug-likeness (QED) is 0.796. The van der Waals surface area contributed by atoms with Gasteiger partial charge in [0.2, 0.25) is 0 Å². The summed E-state index contributed by atoms with van der Waals surface area (Å²) in [4.78, 5) is 2.49. The average Bonchev–Trinajstić information content (AvgIpc) is 2.31. The Morgan fingerprint density at radius 2 is 1.94 bits per heavy atom. The zero-order valence-corrected chi connectivity index (χ0v) is 11.5. The molecule has 0 aromatic heterocycles. The van der Waals surface area contributed by atoms with Crippen LogP contribution in [-0.4, -0.2) is 49.5 Å². The highest BCUT2D eigenvalue weighted by atomic mass is 32.2. The molecule has 0 amide bonds. The molecule has 0 saturated carbocycles. The number of rotatable bonds is 2. The smallest absolute Gasteiger partial charge is 0.150 e. The zero-order valence-electron chi connectivity index (χ0n) is 10.7. The summed E-state index contributed by atoms with van der Waals surface area (Å²) in [5, 5.41) is 0. The molecule has 0 aromatic carbocycles. The van der Waals surface area contributed by atoms with Gasteiger partial charge in [-0.3, -0.25) is 4.90 Å². The minimum atomic E-state index is -2.80. The molecule has 0 aromatic rings. The summed E-state index contributed by atoms with van der Waals surface area (Å²) in [7, 11) is -2.80. The van der Waals surface area contributed by atoms with Crippen molar-refractivity contribution in [1.82, 2.24) is 4.90 Å². The van der Waals surface area contributed by atoms with Crippen LogP contribution < -0.4 is 5.73 Å². The molecule has 2 saturated heterocycles. The third-order valence-corrected chi connectivity index (χ3v) is 6.20. The number of nitrogens with two attached hydrogens (primary N) is 1. The van der Waals surface area contributed by atoms with E-state index in [0.717, 1.165) is 19.4 Å². The molecule has 1 atom stereocenters. The number of piperidine rings is 1. The fourth-order valence-electron chi connectivity index (χ4n) is 3.33. The van der Waals surface area contributed by atoms with Gasteiger partial charge in [0.1, 0.15) is 9.84 Å². The highest BCUT2D eigenvalue weighted by Crippen LogP contribution is 2.34. The van der Waals surface area contributed by atoms with Crippen LogP contribution in [0, 0.1) is 0 Å². The minimum absolute atomic E-state index is 0.0504. The maximum absolute atomic E-state index is 11.6. The second kappa shape index (κ2) is 4.86. The van der Waals surface area contributed by atoms with Crippen LogP contribution in [0.15, 0.2) is 0 Å². The van der Waals surface area contributed by atoms with E-state index in [4.69, 9.17) is 5.73 Å². The third kappa shape index (κ3) is 2.66. The summed E-state index contributed by atoms with van der Waals surface area (Å²) in [5.74, 6) is 0.626. The van der Waals surface area contributed by atoms with Crippen LogP contribution in [0.1, 0.15) is 39.0 Å². The van der Waals surface area contributed by atoms with E-state index in [1.807, 2.05) is 0 Å². The molecule has 0 bridgehead atoms. The first kappa shape index (κ1) is 13.3. The predicted octanol–water partition coefficient (Wildman–Crippen LogP) is 0.767. The van der Waals surface area contributed by atoms with Crippen LogP contribution in [0.25, 0.3) is 0 Å². The molecular formula is C12H24N2O2S. The Labute approximate surface area is 104 Å². The molecule has 2 heterocycles.